The normalized spacial score (nSPS) is 10.3. The van der Waals surface area contributed by atoms with Crippen LogP contribution in [0.4, 0.5) is 0 Å². The Kier molecular flexibility index (Phi) is 6.43. The van der Waals surface area contributed by atoms with Crippen LogP contribution in [0.2, 0.25) is 0 Å². The molecule has 0 aliphatic heterocycles. The predicted molar refractivity (Wildman–Crippen MR) is 92.4 cm³/mol. The molecule has 0 heterocycles. The Bertz CT molecular complexity index is 662. The summed E-state index contributed by atoms with van der Waals surface area (Å²) in [5.41, 5.74) is 7.35. The van der Waals surface area contributed by atoms with Gasteiger partial charge in [-0.25, -0.2) is 0 Å². The van der Waals surface area contributed by atoms with Gasteiger partial charge in [-0.05, 0) is 23.3 Å². The van der Waals surface area contributed by atoms with Gasteiger partial charge in [-0.1, -0.05) is 46.3 Å². The summed E-state index contributed by atoms with van der Waals surface area (Å²) < 4.78 is 11.5. The Morgan fingerprint density at radius 3 is 2.57 bits per heavy atom. The van der Waals surface area contributed by atoms with Crippen molar-refractivity contribution in [3.8, 4) is 11.5 Å². The maximum atomic E-state index is 10.8. The summed E-state index contributed by atoms with van der Waals surface area (Å²) in [5.74, 6) is 0.507. The monoisotopic (exact) mass is 378 g/mol. The topological polar surface area (TPSA) is 73.6 Å². The molecule has 2 aromatic rings. The third kappa shape index (κ3) is 5.26. The molecular formula is C17H19BrN2O3. The molecule has 0 radical (unpaired) electrons. The van der Waals surface area contributed by atoms with Gasteiger partial charge in [-0.3, -0.25) is 4.79 Å². The number of nitrogens with one attached hydrogen (secondary N) is 1. The number of rotatable bonds is 8. The van der Waals surface area contributed by atoms with E-state index in [0.717, 1.165) is 16.6 Å². The largest absolute Gasteiger partial charge is 0.493 e. The van der Waals surface area contributed by atoms with Gasteiger partial charge < -0.3 is 20.5 Å². The number of benzene rings is 2. The molecule has 0 aromatic heterocycles. The van der Waals surface area contributed by atoms with Crippen LogP contribution in [0, 0.1) is 0 Å². The number of hydrogen-bond acceptors (Lipinski definition) is 4. The van der Waals surface area contributed by atoms with Gasteiger partial charge in [0.2, 0.25) is 0 Å². The van der Waals surface area contributed by atoms with Crippen molar-refractivity contribution in [1.29, 1.82) is 0 Å². The highest BCUT2D eigenvalue weighted by Crippen LogP contribution is 2.33. The standard InChI is InChI=1S/C17H19BrN2O3/c1-22-15-7-13(10-20-9-12-5-3-2-4-6-12)14(18)8-16(15)23-11-17(19)21/h2-8,20H,9-11H2,1H3,(H2,19,21). The fraction of sp³-hybridized carbons (Fsp3) is 0.235. The van der Waals surface area contributed by atoms with Crippen molar-refractivity contribution in [3.63, 3.8) is 0 Å². The number of methoxy groups -OCH3 is 1. The molecule has 0 atom stereocenters. The summed E-state index contributed by atoms with van der Waals surface area (Å²) in [6, 6.07) is 13.8. The van der Waals surface area contributed by atoms with Crippen LogP contribution in [0.25, 0.3) is 0 Å². The summed E-state index contributed by atoms with van der Waals surface area (Å²) in [5, 5.41) is 3.38. The highest BCUT2D eigenvalue weighted by Gasteiger charge is 2.11. The van der Waals surface area contributed by atoms with Crippen molar-refractivity contribution in [2.24, 2.45) is 5.73 Å². The number of nitrogens with two attached hydrogens (primary N) is 1. The van der Waals surface area contributed by atoms with Crippen molar-refractivity contribution in [3.05, 3.63) is 58.1 Å². The molecule has 2 aromatic carbocycles. The van der Waals surface area contributed by atoms with Gasteiger partial charge in [0, 0.05) is 17.6 Å². The molecule has 0 spiro atoms. The van der Waals surface area contributed by atoms with Crippen molar-refractivity contribution >= 4 is 21.8 Å². The number of carbonyl (C=O) groups is 1. The summed E-state index contributed by atoms with van der Waals surface area (Å²) in [6.45, 7) is 1.26. The Labute approximate surface area is 143 Å². The van der Waals surface area contributed by atoms with Crippen molar-refractivity contribution in [1.82, 2.24) is 5.32 Å². The average Bonchev–Trinajstić information content (AvgIpc) is 2.55. The Morgan fingerprint density at radius 1 is 1.17 bits per heavy atom. The Morgan fingerprint density at radius 2 is 1.91 bits per heavy atom. The smallest absolute Gasteiger partial charge is 0.255 e. The fourth-order valence-electron chi connectivity index (χ4n) is 2.07. The van der Waals surface area contributed by atoms with E-state index in [1.807, 2.05) is 24.3 Å². The lowest BCUT2D eigenvalue weighted by molar-refractivity contribution is -0.119. The predicted octanol–water partition coefficient (Wildman–Crippen LogP) is 2.61. The SMILES string of the molecule is COc1cc(CNCc2ccccc2)c(Br)cc1OCC(N)=O. The number of primary amides is 1. The summed E-state index contributed by atoms with van der Waals surface area (Å²) in [6.07, 6.45) is 0. The molecule has 0 fully saturated rings. The van der Waals surface area contributed by atoms with E-state index in [2.05, 4.69) is 33.4 Å². The van der Waals surface area contributed by atoms with E-state index in [1.54, 1.807) is 13.2 Å². The number of hydrogen-bond donors (Lipinski definition) is 2. The maximum absolute atomic E-state index is 10.8. The summed E-state index contributed by atoms with van der Waals surface area (Å²) in [7, 11) is 1.56. The van der Waals surface area contributed by atoms with Crippen molar-refractivity contribution in [2.75, 3.05) is 13.7 Å². The zero-order valence-electron chi connectivity index (χ0n) is 12.8. The van der Waals surface area contributed by atoms with E-state index in [9.17, 15) is 4.79 Å². The highest BCUT2D eigenvalue weighted by atomic mass is 79.9. The van der Waals surface area contributed by atoms with E-state index in [0.29, 0.717) is 18.0 Å². The zero-order chi connectivity index (χ0) is 16.7. The average molecular weight is 379 g/mol. The van der Waals surface area contributed by atoms with E-state index in [4.69, 9.17) is 15.2 Å². The van der Waals surface area contributed by atoms with Gasteiger partial charge in [-0.15, -0.1) is 0 Å². The molecule has 0 bridgehead atoms. The number of ether oxygens (including phenoxy) is 2. The first kappa shape index (κ1) is 17.3. The second-order valence-electron chi connectivity index (χ2n) is 4.94. The van der Waals surface area contributed by atoms with Crippen LogP contribution in [0.5, 0.6) is 11.5 Å². The second-order valence-corrected chi connectivity index (χ2v) is 5.79. The summed E-state index contributed by atoms with van der Waals surface area (Å²) in [4.78, 5) is 10.8. The lowest BCUT2D eigenvalue weighted by Crippen LogP contribution is -2.20. The molecule has 0 saturated heterocycles. The van der Waals surface area contributed by atoms with Crippen LogP contribution in [0.3, 0.4) is 0 Å². The first-order valence-electron chi connectivity index (χ1n) is 7.12. The van der Waals surface area contributed by atoms with Gasteiger partial charge in [0.25, 0.3) is 5.91 Å². The molecule has 0 aliphatic rings. The Balaban J connectivity index is 2.02. The van der Waals surface area contributed by atoms with Crippen LogP contribution in [0.15, 0.2) is 46.9 Å². The van der Waals surface area contributed by atoms with E-state index in [1.165, 1.54) is 5.56 Å². The third-order valence-corrected chi connectivity index (χ3v) is 3.93. The molecule has 0 aliphatic carbocycles. The van der Waals surface area contributed by atoms with Crippen LogP contribution >= 0.6 is 15.9 Å². The van der Waals surface area contributed by atoms with Gasteiger partial charge in [0.15, 0.2) is 18.1 Å². The molecule has 122 valence electrons. The Hall–Kier alpha value is -2.05. The minimum Gasteiger partial charge on any atom is -0.493 e. The molecule has 6 heteroatoms. The first-order chi connectivity index (χ1) is 11.1. The number of amides is 1. The molecule has 0 saturated carbocycles. The quantitative estimate of drug-likeness (QED) is 0.740. The fourth-order valence-corrected chi connectivity index (χ4v) is 2.53. The van der Waals surface area contributed by atoms with E-state index >= 15 is 0 Å². The third-order valence-electron chi connectivity index (χ3n) is 3.19. The lowest BCUT2D eigenvalue weighted by Gasteiger charge is -2.14. The van der Waals surface area contributed by atoms with Crippen LogP contribution in [-0.4, -0.2) is 19.6 Å². The molecule has 5 nitrogen and oxygen atoms in total. The van der Waals surface area contributed by atoms with Crippen molar-refractivity contribution < 1.29 is 14.3 Å². The van der Waals surface area contributed by atoms with Crippen molar-refractivity contribution in [2.45, 2.75) is 13.1 Å². The summed E-state index contributed by atoms with van der Waals surface area (Å²) >= 11 is 3.51. The molecular weight excluding hydrogens is 360 g/mol. The minimum absolute atomic E-state index is 0.186. The van der Waals surface area contributed by atoms with Gasteiger partial charge in [0.05, 0.1) is 7.11 Å². The minimum atomic E-state index is -0.531. The van der Waals surface area contributed by atoms with E-state index < -0.39 is 5.91 Å². The van der Waals surface area contributed by atoms with Crippen LogP contribution < -0.4 is 20.5 Å². The first-order valence-corrected chi connectivity index (χ1v) is 7.91. The lowest BCUT2D eigenvalue weighted by atomic mass is 10.2. The highest BCUT2D eigenvalue weighted by molar-refractivity contribution is 9.10. The molecule has 3 N–H and O–H groups in total. The molecule has 2 rings (SSSR count). The molecule has 0 unspecified atom stereocenters. The number of carbonyl (C=O) groups excluding carboxylic acids is 1. The molecule has 23 heavy (non-hydrogen) atoms. The van der Waals surface area contributed by atoms with Gasteiger partial charge in [0.1, 0.15) is 0 Å². The van der Waals surface area contributed by atoms with Gasteiger partial charge >= 0.3 is 0 Å². The van der Waals surface area contributed by atoms with E-state index in [-0.39, 0.29) is 6.61 Å². The van der Waals surface area contributed by atoms with Crippen LogP contribution in [-0.2, 0) is 17.9 Å². The zero-order valence-corrected chi connectivity index (χ0v) is 14.4. The van der Waals surface area contributed by atoms with Gasteiger partial charge in [-0.2, -0.15) is 0 Å². The second kappa shape index (κ2) is 8.55. The molecule has 1 amide bonds. The number of halogens is 1. The van der Waals surface area contributed by atoms with Crippen LogP contribution in [0.1, 0.15) is 11.1 Å². The maximum Gasteiger partial charge on any atom is 0.255 e.